The van der Waals surface area contributed by atoms with Crippen LogP contribution >= 0.6 is 0 Å². The third-order valence-corrected chi connectivity index (χ3v) is 4.94. The van der Waals surface area contributed by atoms with Gasteiger partial charge in [-0.25, -0.2) is 4.98 Å². The molecule has 1 aliphatic rings. The van der Waals surface area contributed by atoms with Crippen LogP contribution in [0.1, 0.15) is 10.5 Å². The number of hydrogen-bond donors (Lipinski definition) is 1. The lowest BCUT2D eigenvalue weighted by atomic mass is 10.1. The molecule has 1 fully saturated rings. The van der Waals surface area contributed by atoms with Gasteiger partial charge in [0.1, 0.15) is 5.65 Å². The number of carbonyl (C=O) groups excluding carboxylic acids is 1. The van der Waals surface area contributed by atoms with E-state index in [0.29, 0.717) is 12.2 Å². The average Bonchev–Trinajstić information content (AvgIpc) is 3.23. The van der Waals surface area contributed by atoms with Gasteiger partial charge in [0, 0.05) is 63.6 Å². The third-order valence-electron chi connectivity index (χ3n) is 4.94. The Morgan fingerprint density at radius 1 is 1.30 bits per heavy atom. The molecule has 27 heavy (non-hydrogen) atoms. The summed E-state index contributed by atoms with van der Waals surface area (Å²) in [5.74, 6) is -0.150. The van der Waals surface area contributed by atoms with Crippen molar-refractivity contribution < 1.29 is 9.53 Å². The van der Waals surface area contributed by atoms with Crippen molar-refractivity contribution in [3.63, 3.8) is 0 Å². The maximum atomic E-state index is 12.5. The number of aryl methyl sites for hydroxylation is 2. The van der Waals surface area contributed by atoms with Gasteiger partial charge in [-0.2, -0.15) is 5.10 Å². The third kappa shape index (κ3) is 3.58. The SMILES string of the molecule is Cn1nc(C(=O)NCCN2CCOCC2)cc1-c1cn(C)c2ncccc12. The molecule has 0 aromatic carbocycles. The van der Waals surface area contributed by atoms with E-state index in [9.17, 15) is 4.79 Å². The van der Waals surface area contributed by atoms with Gasteiger partial charge >= 0.3 is 0 Å². The van der Waals surface area contributed by atoms with E-state index in [0.717, 1.165) is 55.1 Å². The van der Waals surface area contributed by atoms with Gasteiger partial charge in [0.25, 0.3) is 5.91 Å². The molecule has 0 atom stereocenters. The summed E-state index contributed by atoms with van der Waals surface area (Å²) in [7, 11) is 3.82. The molecule has 1 aliphatic heterocycles. The van der Waals surface area contributed by atoms with Crippen LogP contribution in [0.25, 0.3) is 22.3 Å². The Morgan fingerprint density at radius 3 is 2.93 bits per heavy atom. The standard InChI is InChI=1S/C19H24N6O2/c1-23-13-15(14-4-3-5-20-18(14)23)17-12-16(22-24(17)2)19(26)21-6-7-25-8-10-27-11-9-25/h3-5,12-13H,6-11H2,1-2H3,(H,21,26). The molecule has 0 aliphatic carbocycles. The van der Waals surface area contributed by atoms with Gasteiger partial charge in [0.05, 0.1) is 18.9 Å². The van der Waals surface area contributed by atoms with Crippen LogP contribution in [-0.4, -0.2) is 69.5 Å². The molecule has 142 valence electrons. The fraction of sp³-hybridized carbons (Fsp3) is 0.421. The second-order valence-corrected chi connectivity index (χ2v) is 6.78. The van der Waals surface area contributed by atoms with Crippen LogP contribution in [0.5, 0.6) is 0 Å². The average molecular weight is 368 g/mol. The lowest BCUT2D eigenvalue weighted by Crippen LogP contribution is -2.41. The topological polar surface area (TPSA) is 77.2 Å². The lowest BCUT2D eigenvalue weighted by Gasteiger charge is -2.26. The number of morpholine rings is 1. The molecule has 1 amide bonds. The zero-order valence-corrected chi connectivity index (χ0v) is 15.7. The number of rotatable bonds is 5. The van der Waals surface area contributed by atoms with Crippen molar-refractivity contribution in [3.8, 4) is 11.3 Å². The van der Waals surface area contributed by atoms with Crippen LogP contribution in [0.3, 0.4) is 0 Å². The number of nitrogens with one attached hydrogen (secondary N) is 1. The maximum Gasteiger partial charge on any atom is 0.271 e. The van der Waals surface area contributed by atoms with E-state index in [2.05, 4.69) is 20.3 Å². The molecular weight excluding hydrogens is 344 g/mol. The minimum Gasteiger partial charge on any atom is -0.379 e. The van der Waals surface area contributed by atoms with E-state index in [-0.39, 0.29) is 5.91 Å². The van der Waals surface area contributed by atoms with Crippen LogP contribution in [-0.2, 0) is 18.8 Å². The Hall–Kier alpha value is -2.71. The summed E-state index contributed by atoms with van der Waals surface area (Å²) in [6.45, 7) is 4.78. The predicted molar refractivity (Wildman–Crippen MR) is 103 cm³/mol. The van der Waals surface area contributed by atoms with Gasteiger partial charge in [-0.15, -0.1) is 0 Å². The molecule has 0 bridgehead atoms. The highest BCUT2D eigenvalue weighted by Crippen LogP contribution is 2.29. The fourth-order valence-electron chi connectivity index (χ4n) is 3.49. The summed E-state index contributed by atoms with van der Waals surface area (Å²) in [4.78, 5) is 19.2. The zero-order chi connectivity index (χ0) is 18.8. The smallest absolute Gasteiger partial charge is 0.271 e. The van der Waals surface area contributed by atoms with E-state index >= 15 is 0 Å². The molecule has 1 saturated heterocycles. The van der Waals surface area contributed by atoms with Gasteiger partial charge in [0.2, 0.25) is 0 Å². The number of nitrogens with zero attached hydrogens (tertiary/aromatic N) is 5. The van der Waals surface area contributed by atoms with Gasteiger partial charge in [-0.3, -0.25) is 14.4 Å². The van der Waals surface area contributed by atoms with E-state index in [1.165, 1.54) is 0 Å². The van der Waals surface area contributed by atoms with Gasteiger partial charge < -0.3 is 14.6 Å². The monoisotopic (exact) mass is 368 g/mol. The predicted octanol–water partition coefficient (Wildman–Crippen LogP) is 1.04. The Bertz CT molecular complexity index is 954. The highest BCUT2D eigenvalue weighted by molar-refractivity contribution is 5.97. The van der Waals surface area contributed by atoms with Crippen molar-refractivity contribution in [2.75, 3.05) is 39.4 Å². The number of aromatic nitrogens is 4. The van der Waals surface area contributed by atoms with Crippen molar-refractivity contribution in [3.05, 3.63) is 36.3 Å². The van der Waals surface area contributed by atoms with Crippen molar-refractivity contribution >= 4 is 16.9 Å². The molecule has 8 heteroatoms. The normalized spacial score (nSPS) is 15.3. The van der Waals surface area contributed by atoms with Crippen molar-refractivity contribution in [2.45, 2.75) is 0 Å². The Morgan fingerprint density at radius 2 is 2.11 bits per heavy atom. The van der Waals surface area contributed by atoms with Gasteiger partial charge in [-0.05, 0) is 18.2 Å². The van der Waals surface area contributed by atoms with E-state index in [4.69, 9.17) is 4.74 Å². The molecule has 3 aromatic rings. The first-order valence-electron chi connectivity index (χ1n) is 9.16. The highest BCUT2D eigenvalue weighted by Gasteiger charge is 2.18. The summed E-state index contributed by atoms with van der Waals surface area (Å²) >= 11 is 0. The van der Waals surface area contributed by atoms with Gasteiger partial charge in [0.15, 0.2) is 5.69 Å². The van der Waals surface area contributed by atoms with E-state index < -0.39 is 0 Å². The minimum absolute atomic E-state index is 0.150. The number of amides is 1. The molecule has 0 saturated carbocycles. The van der Waals surface area contributed by atoms with Crippen LogP contribution in [0.2, 0.25) is 0 Å². The lowest BCUT2D eigenvalue weighted by molar-refractivity contribution is 0.0383. The minimum atomic E-state index is -0.150. The first-order valence-corrected chi connectivity index (χ1v) is 9.16. The zero-order valence-electron chi connectivity index (χ0n) is 15.7. The molecule has 8 nitrogen and oxygen atoms in total. The number of hydrogen-bond acceptors (Lipinski definition) is 5. The first-order chi connectivity index (χ1) is 13.1. The number of pyridine rings is 1. The van der Waals surface area contributed by atoms with Crippen LogP contribution in [0.15, 0.2) is 30.6 Å². The first kappa shape index (κ1) is 17.7. The van der Waals surface area contributed by atoms with Crippen molar-refractivity contribution in [1.29, 1.82) is 0 Å². The van der Waals surface area contributed by atoms with Crippen molar-refractivity contribution in [1.82, 2.24) is 29.5 Å². The van der Waals surface area contributed by atoms with Crippen LogP contribution < -0.4 is 5.32 Å². The number of ether oxygens (including phenoxy) is 1. The van der Waals surface area contributed by atoms with E-state index in [1.54, 1.807) is 10.9 Å². The van der Waals surface area contributed by atoms with Crippen LogP contribution in [0.4, 0.5) is 0 Å². The molecule has 4 rings (SSSR count). The molecule has 3 aromatic heterocycles. The number of fused-ring (bicyclic) bond motifs is 1. The molecule has 0 spiro atoms. The summed E-state index contributed by atoms with van der Waals surface area (Å²) in [6.07, 6.45) is 3.80. The summed E-state index contributed by atoms with van der Waals surface area (Å²) in [5, 5.41) is 8.42. The Balaban J connectivity index is 1.48. The number of carbonyl (C=O) groups is 1. The fourth-order valence-corrected chi connectivity index (χ4v) is 3.49. The summed E-state index contributed by atoms with van der Waals surface area (Å²) in [6, 6.07) is 5.79. The Kier molecular flexibility index (Phi) is 4.91. The van der Waals surface area contributed by atoms with Gasteiger partial charge in [-0.1, -0.05) is 0 Å². The maximum absolute atomic E-state index is 12.5. The molecule has 4 heterocycles. The highest BCUT2D eigenvalue weighted by atomic mass is 16.5. The molecule has 1 N–H and O–H groups in total. The second kappa shape index (κ2) is 7.50. The van der Waals surface area contributed by atoms with Crippen LogP contribution in [0, 0.1) is 0 Å². The van der Waals surface area contributed by atoms with E-state index in [1.807, 2.05) is 43.1 Å². The molecular formula is C19H24N6O2. The summed E-state index contributed by atoms with van der Waals surface area (Å²) < 4.78 is 9.07. The van der Waals surface area contributed by atoms with Crippen molar-refractivity contribution in [2.24, 2.45) is 14.1 Å². The second-order valence-electron chi connectivity index (χ2n) is 6.78. The molecule has 0 unspecified atom stereocenters. The Labute approximate surface area is 157 Å². The molecule has 0 radical (unpaired) electrons. The quantitative estimate of drug-likeness (QED) is 0.728. The summed E-state index contributed by atoms with van der Waals surface area (Å²) in [5.41, 5.74) is 3.25. The largest absolute Gasteiger partial charge is 0.379 e.